The fourth-order valence-corrected chi connectivity index (χ4v) is 1.28. The minimum Gasteiger partial charge on any atom is -0.375 e. The zero-order chi connectivity index (χ0) is 9.52. The van der Waals surface area contributed by atoms with Gasteiger partial charge in [0.2, 0.25) is 0 Å². The third kappa shape index (κ3) is 4.49. The standard InChI is InChI=1S/C10H12ClNO.ClH/c11-7-6-10(8-13)12-9-4-2-1-3-5-9;/h1-5,8,10,12H,6-7H2;1H. The third-order valence-electron chi connectivity index (χ3n) is 1.71. The van der Waals surface area contributed by atoms with Gasteiger partial charge in [-0.2, -0.15) is 0 Å². The Hall–Kier alpha value is -0.730. The molecule has 0 aliphatic carbocycles. The van der Waals surface area contributed by atoms with Crippen LogP contribution < -0.4 is 5.32 Å². The molecule has 0 bridgehead atoms. The summed E-state index contributed by atoms with van der Waals surface area (Å²) in [7, 11) is 0. The summed E-state index contributed by atoms with van der Waals surface area (Å²) in [6.07, 6.45) is 1.54. The highest BCUT2D eigenvalue weighted by atomic mass is 35.5. The smallest absolute Gasteiger partial charge is 0.142 e. The van der Waals surface area contributed by atoms with E-state index in [4.69, 9.17) is 11.6 Å². The summed E-state index contributed by atoms with van der Waals surface area (Å²) in [6, 6.07) is 9.44. The Labute approximate surface area is 95.1 Å². The Kier molecular flexibility index (Phi) is 7.25. The number of para-hydroxylation sites is 1. The molecule has 0 saturated carbocycles. The first kappa shape index (κ1) is 13.3. The van der Waals surface area contributed by atoms with Gasteiger partial charge in [0.25, 0.3) is 0 Å². The van der Waals surface area contributed by atoms with Crippen molar-refractivity contribution in [2.75, 3.05) is 11.2 Å². The van der Waals surface area contributed by atoms with Crippen LogP contribution in [0.5, 0.6) is 0 Å². The highest BCUT2D eigenvalue weighted by Crippen LogP contribution is 2.07. The van der Waals surface area contributed by atoms with E-state index in [1.54, 1.807) is 0 Å². The van der Waals surface area contributed by atoms with Crippen molar-refractivity contribution >= 4 is 36.0 Å². The van der Waals surface area contributed by atoms with Crippen molar-refractivity contribution in [2.45, 2.75) is 12.5 Å². The zero-order valence-electron chi connectivity index (χ0n) is 7.65. The summed E-state index contributed by atoms with van der Waals surface area (Å²) in [5, 5.41) is 3.08. The van der Waals surface area contributed by atoms with Crippen LogP contribution in [-0.4, -0.2) is 18.2 Å². The molecule has 0 radical (unpaired) electrons. The van der Waals surface area contributed by atoms with E-state index in [9.17, 15) is 4.79 Å². The number of nitrogens with one attached hydrogen (secondary N) is 1. The van der Waals surface area contributed by atoms with E-state index in [1.807, 2.05) is 30.3 Å². The lowest BCUT2D eigenvalue weighted by atomic mass is 10.2. The number of benzene rings is 1. The van der Waals surface area contributed by atoms with E-state index in [0.29, 0.717) is 12.3 Å². The monoisotopic (exact) mass is 233 g/mol. The van der Waals surface area contributed by atoms with Crippen molar-refractivity contribution in [2.24, 2.45) is 0 Å². The maximum atomic E-state index is 10.6. The lowest BCUT2D eigenvalue weighted by molar-refractivity contribution is -0.108. The lowest BCUT2D eigenvalue weighted by Gasteiger charge is -2.11. The molecule has 1 aromatic carbocycles. The molecule has 0 fully saturated rings. The second kappa shape index (κ2) is 7.65. The predicted octanol–water partition coefficient (Wildman–Crippen LogP) is 2.72. The highest BCUT2D eigenvalue weighted by molar-refractivity contribution is 6.18. The van der Waals surface area contributed by atoms with Crippen LogP contribution in [0.15, 0.2) is 30.3 Å². The summed E-state index contributed by atoms with van der Waals surface area (Å²) >= 11 is 5.54. The first-order valence-electron chi connectivity index (χ1n) is 4.19. The maximum Gasteiger partial charge on any atom is 0.142 e. The quantitative estimate of drug-likeness (QED) is 0.626. The number of anilines is 1. The molecular weight excluding hydrogens is 221 g/mol. The van der Waals surface area contributed by atoms with E-state index in [-0.39, 0.29) is 18.4 Å². The van der Waals surface area contributed by atoms with Gasteiger partial charge in [0.1, 0.15) is 6.29 Å². The second-order valence-electron chi connectivity index (χ2n) is 2.73. The van der Waals surface area contributed by atoms with Crippen molar-refractivity contribution in [3.63, 3.8) is 0 Å². The number of halogens is 2. The van der Waals surface area contributed by atoms with E-state index in [1.165, 1.54) is 0 Å². The molecule has 78 valence electrons. The van der Waals surface area contributed by atoms with Crippen LogP contribution >= 0.6 is 24.0 Å². The minimum atomic E-state index is -0.181. The summed E-state index contributed by atoms with van der Waals surface area (Å²) in [6.45, 7) is 0. The van der Waals surface area contributed by atoms with Gasteiger partial charge in [-0.3, -0.25) is 0 Å². The van der Waals surface area contributed by atoms with Crippen LogP contribution in [0.2, 0.25) is 0 Å². The van der Waals surface area contributed by atoms with Crippen molar-refractivity contribution < 1.29 is 4.79 Å². The summed E-state index contributed by atoms with van der Waals surface area (Å²) in [5.74, 6) is 0.489. The van der Waals surface area contributed by atoms with E-state index in [2.05, 4.69) is 5.32 Å². The van der Waals surface area contributed by atoms with E-state index in [0.717, 1.165) is 12.0 Å². The number of carbonyl (C=O) groups excluding carboxylic acids is 1. The van der Waals surface area contributed by atoms with Gasteiger partial charge < -0.3 is 10.1 Å². The van der Waals surface area contributed by atoms with Gasteiger partial charge >= 0.3 is 0 Å². The Bertz CT molecular complexity index is 254. The molecule has 0 aromatic heterocycles. The molecular formula is C10H13Cl2NO. The van der Waals surface area contributed by atoms with Crippen LogP contribution in [0.1, 0.15) is 6.42 Å². The summed E-state index contributed by atoms with van der Waals surface area (Å²) < 4.78 is 0. The average molecular weight is 234 g/mol. The number of alkyl halides is 1. The van der Waals surface area contributed by atoms with Crippen molar-refractivity contribution in [1.29, 1.82) is 0 Å². The number of hydrogen-bond acceptors (Lipinski definition) is 2. The molecule has 1 atom stereocenters. The van der Waals surface area contributed by atoms with Gasteiger partial charge in [0.05, 0.1) is 6.04 Å². The minimum absolute atomic E-state index is 0. The Morgan fingerprint density at radius 3 is 2.50 bits per heavy atom. The Balaban J connectivity index is 0.00000169. The van der Waals surface area contributed by atoms with Crippen LogP contribution in [0.3, 0.4) is 0 Å². The van der Waals surface area contributed by atoms with Crippen LogP contribution in [-0.2, 0) is 4.79 Å². The summed E-state index contributed by atoms with van der Waals surface area (Å²) in [4.78, 5) is 10.6. The van der Waals surface area contributed by atoms with Crippen molar-refractivity contribution in [1.82, 2.24) is 0 Å². The van der Waals surface area contributed by atoms with Gasteiger partial charge in [-0.1, -0.05) is 18.2 Å². The fraction of sp³-hybridized carbons (Fsp3) is 0.300. The molecule has 0 aliphatic rings. The Morgan fingerprint density at radius 2 is 2.00 bits per heavy atom. The molecule has 14 heavy (non-hydrogen) atoms. The van der Waals surface area contributed by atoms with Gasteiger partial charge in [0, 0.05) is 11.6 Å². The van der Waals surface area contributed by atoms with Gasteiger partial charge in [-0.05, 0) is 18.6 Å². The van der Waals surface area contributed by atoms with Gasteiger partial charge in [-0.15, -0.1) is 24.0 Å². The van der Waals surface area contributed by atoms with Crippen LogP contribution in [0.25, 0.3) is 0 Å². The predicted molar refractivity (Wildman–Crippen MR) is 62.5 cm³/mol. The third-order valence-corrected chi connectivity index (χ3v) is 1.93. The van der Waals surface area contributed by atoms with Crippen LogP contribution in [0, 0.1) is 0 Å². The second-order valence-corrected chi connectivity index (χ2v) is 3.11. The first-order chi connectivity index (χ1) is 6.36. The molecule has 0 saturated heterocycles. The molecule has 2 nitrogen and oxygen atoms in total. The summed E-state index contributed by atoms with van der Waals surface area (Å²) in [5.41, 5.74) is 0.949. The molecule has 1 aromatic rings. The number of aldehydes is 1. The molecule has 0 amide bonds. The zero-order valence-corrected chi connectivity index (χ0v) is 9.22. The van der Waals surface area contributed by atoms with Crippen molar-refractivity contribution in [3.8, 4) is 0 Å². The van der Waals surface area contributed by atoms with Gasteiger partial charge in [0.15, 0.2) is 0 Å². The largest absolute Gasteiger partial charge is 0.375 e. The number of carbonyl (C=O) groups is 1. The average Bonchev–Trinajstić information content (AvgIpc) is 2.19. The molecule has 1 unspecified atom stereocenters. The normalized spacial score (nSPS) is 11.2. The lowest BCUT2D eigenvalue weighted by Crippen LogP contribution is -2.21. The molecule has 0 aliphatic heterocycles. The van der Waals surface area contributed by atoms with E-state index < -0.39 is 0 Å². The van der Waals surface area contributed by atoms with Gasteiger partial charge in [-0.25, -0.2) is 0 Å². The SMILES string of the molecule is Cl.O=CC(CCCl)Nc1ccccc1. The molecule has 0 spiro atoms. The number of hydrogen-bond donors (Lipinski definition) is 1. The Morgan fingerprint density at radius 1 is 1.36 bits per heavy atom. The molecule has 1 rings (SSSR count). The fourth-order valence-electron chi connectivity index (χ4n) is 1.04. The van der Waals surface area contributed by atoms with Crippen molar-refractivity contribution in [3.05, 3.63) is 30.3 Å². The maximum absolute atomic E-state index is 10.6. The highest BCUT2D eigenvalue weighted by Gasteiger charge is 2.04. The van der Waals surface area contributed by atoms with Crippen LogP contribution in [0.4, 0.5) is 5.69 Å². The molecule has 1 N–H and O–H groups in total. The number of rotatable bonds is 5. The first-order valence-corrected chi connectivity index (χ1v) is 4.73. The molecule has 4 heteroatoms. The topological polar surface area (TPSA) is 29.1 Å². The van der Waals surface area contributed by atoms with E-state index >= 15 is 0 Å². The molecule has 0 heterocycles.